The van der Waals surface area contributed by atoms with Crippen LogP contribution in [0.25, 0.3) is 11.4 Å². The van der Waals surface area contributed by atoms with E-state index in [1.165, 1.54) is 6.07 Å². The molecule has 27 heavy (non-hydrogen) atoms. The van der Waals surface area contributed by atoms with Crippen molar-refractivity contribution < 1.29 is 22.8 Å². The van der Waals surface area contributed by atoms with Gasteiger partial charge in [0.15, 0.2) is 0 Å². The fraction of sp³-hybridized carbons (Fsp3) is 0.263. The predicted molar refractivity (Wildman–Crippen MR) is 94.5 cm³/mol. The summed E-state index contributed by atoms with van der Waals surface area (Å²) in [5.41, 5.74) is 1.46. The first-order valence-corrected chi connectivity index (χ1v) is 8.23. The molecule has 0 aliphatic carbocycles. The molecule has 0 spiro atoms. The fourth-order valence-corrected chi connectivity index (χ4v) is 2.61. The minimum atomic E-state index is -2.92. The summed E-state index contributed by atoms with van der Waals surface area (Å²) >= 11 is 0. The molecule has 3 rings (SSSR count). The Kier molecular flexibility index (Phi) is 5.97. The zero-order valence-corrected chi connectivity index (χ0v) is 14.9. The minimum absolute atomic E-state index is 0.00596. The quantitative estimate of drug-likeness (QED) is 0.594. The van der Waals surface area contributed by atoms with Gasteiger partial charge in [0.05, 0.1) is 19.2 Å². The van der Waals surface area contributed by atoms with Crippen LogP contribution in [0.1, 0.15) is 11.5 Å². The van der Waals surface area contributed by atoms with Gasteiger partial charge in [0.25, 0.3) is 0 Å². The lowest BCUT2D eigenvalue weighted by Gasteiger charge is -2.14. The molecule has 2 aromatic carbocycles. The van der Waals surface area contributed by atoms with Crippen LogP contribution in [0.5, 0.6) is 11.5 Å². The second-order valence-corrected chi connectivity index (χ2v) is 5.91. The molecule has 142 valence electrons. The van der Waals surface area contributed by atoms with E-state index in [0.717, 1.165) is 11.3 Å². The molecule has 0 bridgehead atoms. The van der Waals surface area contributed by atoms with Crippen molar-refractivity contribution in [3.63, 3.8) is 0 Å². The van der Waals surface area contributed by atoms with Gasteiger partial charge in [0.2, 0.25) is 11.7 Å². The van der Waals surface area contributed by atoms with Crippen molar-refractivity contribution in [1.82, 2.24) is 15.0 Å². The van der Waals surface area contributed by atoms with Crippen molar-refractivity contribution in [3.8, 4) is 22.9 Å². The first kappa shape index (κ1) is 18.8. The van der Waals surface area contributed by atoms with Crippen LogP contribution < -0.4 is 9.47 Å². The number of para-hydroxylation sites is 1. The molecular weight excluding hydrogens is 356 g/mol. The van der Waals surface area contributed by atoms with Crippen LogP contribution in [-0.4, -0.2) is 35.8 Å². The van der Waals surface area contributed by atoms with Crippen LogP contribution in [0.15, 0.2) is 53.1 Å². The lowest BCUT2D eigenvalue weighted by atomic mass is 10.2. The van der Waals surface area contributed by atoms with Crippen molar-refractivity contribution in [1.29, 1.82) is 0 Å². The zero-order chi connectivity index (χ0) is 19.2. The van der Waals surface area contributed by atoms with E-state index < -0.39 is 6.61 Å². The highest BCUT2D eigenvalue weighted by Gasteiger charge is 2.16. The molecule has 0 saturated carbocycles. The molecule has 0 aliphatic rings. The molecule has 0 saturated heterocycles. The molecule has 0 aliphatic heterocycles. The molecule has 0 fully saturated rings. The van der Waals surface area contributed by atoms with Gasteiger partial charge in [-0.3, -0.25) is 4.90 Å². The first-order chi connectivity index (χ1) is 13.0. The second kappa shape index (κ2) is 8.59. The Bertz CT molecular complexity index is 869. The number of alkyl halides is 2. The number of methoxy groups -OCH3 is 1. The van der Waals surface area contributed by atoms with Crippen LogP contribution >= 0.6 is 0 Å². The summed E-state index contributed by atoms with van der Waals surface area (Å²) in [6.07, 6.45) is 0. The SMILES string of the molecule is COc1ccc(CN(C)Cc2nc(-c3ccccc3OC(F)F)no2)cc1. The number of halogens is 2. The summed E-state index contributed by atoms with van der Waals surface area (Å²) in [5.74, 6) is 1.39. The number of benzene rings is 2. The number of aromatic nitrogens is 2. The Labute approximate surface area is 155 Å². The maximum Gasteiger partial charge on any atom is 0.387 e. The van der Waals surface area contributed by atoms with Gasteiger partial charge in [-0.2, -0.15) is 13.8 Å². The van der Waals surface area contributed by atoms with Gasteiger partial charge in [-0.15, -0.1) is 0 Å². The number of hydrogen-bond donors (Lipinski definition) is 0. The lowest BCUT2D eigenvalue weighted by molar-refractivity contribution is -0.0494. The Morgan fingerprint density at radius 1 is 1.07 bits per heavy atom. The maximum absolute atomic E-state index is 12.5. The van der Waals surface area contributed by atoms with E-state index in [1.807, 2.05) is 36.2 Å². The van der Waals surface area contributed by atoms with Gasteiger partial charge < -0.3 is 14.0 Å². The van der Waals surface area contributed by atoms with Gasteiger partial charge in [0, 0.05) is 6.54 Å². The standard InChI is InChI=1S/C19H19F2N3O3/c1-24(11-13-7-9-14(25-2)10-8-13)12-17-22-18(23-27-17)15-5-3-4-6-16(15)26-19(20)21/h3-10,19H,11-12H2,1-2H3. The summed E-state index contributed by atoms with van der Waals surface area (Å²) in [4.78, 5) is 6.29. The maximum atomic E-state index is 12.5. The topological polar surface area (TPSA) is 60.6 Å². The highest BCUT2D eigenvalue weighted by Crippen LogP contribution is 2.29. The van der Waals surface area contributed by atoms with Gasteiger partial charge in [-0.25, -0.2) is 0 Å². The molecule has 1 heterocycles. The largest absolute Gasteiger partial charge is 0.497 e. The van der Waals surface area contributed by atoms with Crippen molar-refractivity contribution in [3.05, 3.63) is 60.0 Å². The highest BCUT2D eigenvalue weighted by atomic mass is 19.3. The Morgan fingerprint density at radius 3 is 2.52 bits per heavy atom. The van der Waals surface area contributed by atoms with Crippen LogP contribution in [0.4, 0.5) is 8.78 Å². The zero-order valence-electron chi connectivity index (χ0n) is 14.9. The predicted octanol–water partition coefficient (Wildman–Crippen LogP) is 3.98. The van der Waals surface area contributed by atoms with Crippen molar-refractivity contribution in [2.45, 2.75) is 19.7 Å². The summed E-state index contributed by atoms with van der Waals surface area (Å²) in [6.45, 7) is -1.84. The van der Waals surface area contributed by atoms with E-state index in [2.05, 4.69) is 14.9 Å². The van der Waals surface area contributed by atoms with Crippen molar-refractivity contribution in [2.75, 3.05) is 14.2 Å². The molecule has 0 radical (unpaired) electrons. The number of nitrogens with zero attached hydrogens (tertiary/aromatic N) is 3. The number of ether oxygens (including phenoxy) is 2. The summed E-state index contributed by atoms with van der Waals surface area (Å²) in [7, 11) is 3.54. The number of rotatable bonds is 8. The first-order valence-electron chi connectivity index (χ1n) is 8.23. The average Bonchev–Trinajstić information content (AvgIpc) is 3.10. The third-order valence-electron chi connectivity index (χ3n) is 3.83. The summed E-state index contributed by atoms with van der Waals surface area (Å²) in [6, 6.07) is 14.1. The molecule has 0 unspecified atom stereocenters. The van der Waals surface area contributed by atoms with E-state index in [1.54, 1.807) is 25.3 Å². The minimum Gasteiger partial charge on any atom is -0.497 e. The van der Waals surface area contributed by atoms with E-state index in [9.17, 15) is 8.78 Å². The van der Waals surface area contributed by atoms with Crippen molar-refractivity contribution >= 4 is 0 Å². The molecule has 6 nitrogen and oxygen atoms in total. The smallest absolute Gasteiger partial charge is 0.387 e. The normalized spacial score (nSPS) is 11.2. The van der Waals surface area contributed by atoms with Gasteiger partial charge in [-0.05, 0) is 36.9 Å². The third kappa shape index (κ3) is 5.01. The van der Waals surface area contributed by atoms with E-state index in [-0.39, 0.29) is 11.6 Å². The lowest BCUT2D eigenvalue weighted by Crippen LogP contribution is -2.17. The molecule has 1 aromatic heterocycles. The van der Waals surface area contributed by atoms with E-state index in [4.69, 9.17) is 9.26 Å². The van der Waals surface area contributed by atoms with Crippen LogP contribution in [0, 0.1) is 0 Å². The van der Waals surface area contributed by atoms with Crippen molar-refractivity contribution in [2.24, 2.45) is 0 Å². The second-order valence-electron chi connectivity index (χ2n) is 5.91. The molecule has 3 aromatic rings. The van der Waals surface area contributed by atoms with Gasteiger partial charge in [0.1, 0.15) is 11.5 Å². The molecule has 0 atom stereocenters. The monoisotopic (exact) mass is 375 g/mol. The summed E-state index contributed by atoms with van der Waals surface area (Å²) < 4.78 is 40.0. The number of hydrogen-bond acceptors (Lipinski definition) is 6. The summed E-state index contributed by atoms with van der Waals surface area (Å²) in [5, 5.41) is 3.88. The van der Waals surface area contributed by atoms with Crippen LogP contribution in [-0.2, 0) is 13.1 Å². The van der Waals surface area contributed by atoms with Gasteiger partial charge in [-0.1, -0.05) is 29.4 Å². The molecule has 0 N–H and O–H groups in total. The van der Waals surface area contributed by atoms with Crippen LogP contribution in [0.3, 0.4) is 0 Å². The molecule has 0 amide bonds. The Hall–Kier alpha value is -3.00. The van der Waals surface area contributed by atoms with E-state index in [0.29, 0.717) is 24.5 Å². The van der Waals surface area contributed by atoms with Gasteiger partial charge >= 0.3 is 6.61 Å². The third-order valence-corrected chi connectivity index (χ3v) is 3.83. The van der Waals surface area contributed by atoms with Crippen LogP contribution in [0.2, 0.25) is 0 Å². The molecular formula is C19H19F2N3O3. The average molecular weight is 375 g/mol. The molecule has 8 heteroatoms. The highest BCUT2D eigenvalue weighted by molar-refractivity contribution is 5.63. The Balaban J connectivity index is 1.67. The van der Waals surface area contributed by atoms with E-state index >= 15 is 0 Å². The fourth-order valence-electron chi connectivity index (χ4n) is 2.61. The Morgan fingerprint density at radius 2 is 1.81 bits per heavy atom.